The van der Waals surface area contributed by atoms with Gasteiger partial charge in [-0.1, -0.05) is 12.1 Å². The number of rotatable bonds is 5. The summed E-state index contributed by atoms with van der Waals surface area (Å²) in [6.45, 7) is 1.74. The van der Waals surface area contributed by atoms with E-state index in [0.29, 0.717) is 0 Å². The van der Waals surface area contributed by atoms with Crippen LogP contribution in [0.3, 0.4) is 0 Å². The molecular weight excluding hydrogens is 260 g/mol. The smallest absolute Gasteiger partial charge is 0.328 e. The van der Waals surface area contributed by atoms with Crippen LogP contribution in [-0.4, -0.2) is 23.0 Å². The average Bonchev–Trinajstić information content (AvgIpc) is 2.35. The zero-order chi connectivity index (χ0) is 13.1. The van der Waals surface area contributed by atoms with E-state index in [9.17, 15) is 14.9 Å². The third-order valence-electron chi connectivity index (χ3n) is 2.39. The van der Waals surface area contributed by atoms with Gasteiger partial charge in [-0.15, -0.1) is 0 Å². The molecule has 1 aromatic carbocycles. The van der Waals surface area contributed by atoms with Crippen molar-refractivity contribution in [1.82, 2.24) is 4.72 Å². The summed E-state index contributed by atoms with van der Waals surface area (Å²) in [5.41, 5.74) is -0.129. The highest BCUT2D eigenvalue weighted by molar-refractivity contribution is 7.93. The number of esters is 1. The Morgan fingerprint density at radius 3 is 2.83 bits per heavy atom. The van der Waals surface area contributed by atoms with Crippen molar-refractivity contribution in [3.8, 4) is 5.75 Å². The van der Waals surface area contributed by atoms with Crippen molar-refractivity contribution in [2.75, 3.05) is 0 Å². The third kappa shape index (κ3) is 2.54. The Balaban J connectivity index is 1.90. The Kier molecular flexibility index (Phi) is 3.68. The molecule has 0 radical (unpaired) electrons. The lowest BCUT2D eigenvalue weighted by Gasteiger charge is -2.31. The SMILES string of the molecule is C[C@H]1OC(=O)[C@H]1NSOc1ccccc1[N+](=O)[O-]. The van der Waals surface area contributed by atoms with Gasteiger partial charge < -0.3 is 8.92 Å². The van der Waals surface area contributed by atoms with Gasteiger partial charge in [0.2, 0.25) is 5.75 Å². The predicted molar refractivity (Wildman–Crippen MR) is 63.8 cm³/mol. The van der Waals surface area contributed by atoms with Crippen molar-refractivity contribution in [2.24, 2.45) is 0 Å². The number of nitro benzene ring substituents is 1. The van der Waals surface area contributed by atoms with Crippen LogP contribution in [0.4, 0.5) is 5.69 Å². The van der Waals surface area contributed by atoms with Crippen molar-refractivity contribution in [1.29, 1.82) is 0 Å². The lowest BCUT2D eigenvalue weighted by atomic mass is 10.1. The van der Waals surface area contributed by atoms with E-state index in [-0.39, 0.29) is 23.5 Å². The van der Waals surface area contributed by atoms with Gasteiger partial charge >= 0.3 is 11.7 Å². The van der Waals surface area contributed by atoms with Gasteiger partial charge in [-0.2, -0.15) is 0 Å². The molecule has 96 valence electrons. The number of nitrogens with one attached hydrogen (secondary N) is 1. The fourth-order valence-electron chi connectivity index (χ4n) is 1.39. The maximum absolute atomic E-state index is 11.0. The number of nitro groups is 1. The number of cyclic esters (lactones) is 1. The second-order valence-corrected chi connectivity index (χ2v) is 4.20. The van der Waals surface area contributed by atoms with E-state index in [2.05, 4.69) is 4.72 Å². The van der Waals surface area contributed by atoms with Crippen LogP contribution in [0.15, 0.2) is 24.3 Å². The second-order valence-electron chi connectivity index (χ2n) is 3.63. The van der Waals surface area contributed by atoms with Gasteiger partial charge in [-0.3, -0.25) is 14.9 Å². The number of carbonyl (C=O) groups is 1. The molecule has 0 bridgehead atoms. The summed E-state index contributed by atoms with van der Waals surface area (Å²) in [6, 6.07) is 5.56. The van der Waals surface area contributed by atoms with Gasteiger partial charge in [-0.25, -0.2) is 4.72 Å². The van der Waals surface area contributed by atoms with Crippen LogP contribution in [-0.2, 0) is 9.53 Å². The minimum atomic E-state index is -0.532. The Hall–Kier alpha value is -1.80. The molecule has 1 saturated heterocycles. The zero-order valence-electron chi connectivity index (χ0n) is 9.36. The second kappa shape index (κ2) is 5.23. The van der Waals surface area contributed by atoms with Crippen molar-refractivity contribution in [3.05, 3.63) is 34.4 Å². The molecule has 0 saturated carbocycles. The fraction of sp³-hybridized carbons (Fsp3) is 0.300. The molecule has 18 heavy (non-hydrogen) atoms. The Morgan fingerprint density at radius 1 is 1.50 bits per heavy atom. The van der Waals surface area contributed by atoms with Crippen LogP contribution in [0, 0.1) is 10.1 Å². The minimum absolute atomic E-state index is 0.125. The molecule has 2 rings (SSSR count). The highest BCUT2D eigenvalue weighted by atomic mass is 32.2. The third-order valence-corrected chi connectivity index (χ3v) is 3.01. The fourth-order valence-corrected chi connectivity index (χ4v) is 2.06. The molecule has 1 aromatic rings. The molecule has 0 spiro atoms. The molecule has 0 aromatic heterocycles. The molecule has 7 nitrogen and oxygen atoms in total. The maximum Gasteiger partial charge on any atom is 0.328 e. The summed E-state index contributed by atoms with van der Waals surface area (Å²) < 4.78 is 12.6. The number of hydrogen-bond acceptors (Lipinski definition) is 7. The molecule has 1 fully saturated rings. The van der Waals surface area contributed by atoms with Gasteiger partial charge in [0.1, 0.15) is 18.3 Å². The lowest BCUT2D eigenvalue weighted by Crippen LogP contribution is -2.55. The Morgan fingerprint density at radius 2 is 2.22 bits per heavy atom. The molecular formula is C10H10N2O5S. The number of para-hydroxylation sites is 2. The first-order valence-corrected chi connectivity index (χ1v) is 5.86. The molecule has 1 aliphatic rings. The summed E-state index contributed by atoms with van der Waals surface area (Å²) in [5, 5.41) is 10.7. The monoisotopic (exact) mass is 270 g/mol. The van der Waals surface area contributed by atoms with E-state index in [1.165, 1.54) is 12.1 Å². The zero-order valence-corrected chi connectivity index (χ0v) is 10.2. The first kappa shape index (κ1) is 12.7. The molecule has 2 atom stereocenters. The average molecular weight is 270 g/mol. The maximum atomic E-state index is 11.0. The Bertz CT molecular complexity index is 481. The van der Waals surface area contributed by atoms with Gasteiger partial charge in [0.15, 0.2) is 6.04 Å². The summed E-state index contributed by atoms with van der Waals surface area (Å²) in [5.74, 6) is -0.235. The first-order valence-electron chi connectivity index (χ1n) is 5.12. The van der Waals surface area contributed by atoms with Gasteiger partial charge in [0.05, 0.1) is 4.92 Å². The topological polar surface area (TPSA) is 90.7 Å². The van der Waals surface area contributed by atoms with Crippen molar-refractivity contribution in [2.45, 2.75) is 19.1 Å². The van der Waals surface area contributed by atoms with Gasteiger partial charge in [-0.05, 0) is 13.0 Å². The van der Waals surface area contributed by atoms with E-state index >= 15 is 0 Å². The van der Waals surface area contributed by atoms with Crippen LogP contribution < -0.4 is 8.91 Å². The number of benzene rings is 1. The standard InChI is InChI=1S/C10H10N2O5S/c1-6-9(10(13)16-6)11-18-17-8-5-3-2-4-7(8)12(14)15/h2-6,9,11H,1H3/t6-,9+/m1/s1. The van der Waals surface area contributed by atoms with E-state index in [1.807, 2.05) is 0 Å². The van der Waals surface area contributed by atoms with Crippen LogP contribution >= 0.6 is 12.2 Å². The normalized spacial score (nSPS) is 21.9. The van der Waals surface area contributed by atoms with E-state index in [4.69, 9.17) is 8.92 Å². The highest BCUT2D eigenvalue weighted by Crippen LogP contribution is 2.28. The largest absolute Gasteiger partial charge is 0.459 e. The van der Waals surface area contributed by atoms with Crippen LogP contribution in [0.2, 0.25) is 0 Å². The summed E-state index contributed by atoms with van der Waals surface area (Å²) in [6.07, 6.45) is -0.223. The van der Waals surface area contributed by atoms with Crippen LogP contribution in [0.1, 0.15) is 6.92 Å². The van der Waals surface area contributed by atoms with E-state index < -0.39 is 11.0 Å². The summed E-state index contributed by atoms with van der Waals surface area (Å²) in [7, 11) is 0. The van der Waals surface area contributed by atoms with Crippen molar-refractivity contribution in [3.63, 3.8) is 0 Å². The van der Waals surface area contributed by atoms with Gasteiger partial charge in [0.25, 0.3) is 0 Å². The van der Waals surface area contributed by atoms with Crippen LogP contribution in [0.5, 0.6) is 5.75 Å². The molecule has 1 N–H and O–H groups in total. The number of ether oxygens (including phenoxy) is 1. The van der Waals surface area contributed by atoms with E-state index in [1.54, 1.807) is 19.1 Å². The molecule has 0 unspecified atom stereocenters. The Labute approximate surface area is 107 Å². The van der Waals surface area contributed by atoms with Crippen LogP contribution in [0.25, 0.3) is 0 Å². The van der Waals surface area contributed by atoms with E-state index in [0.717, 1.165) is 12.2 Å². The van der Waals surface area contributed by atoms with Crippen molar-refractivity contribution < 1.29 is 18.6 Å². The highest BCUT2D eigenvalue weighted by Gasteiger charge is 2.39. The first-order chi connectivity index (χ1) is 8.59. The van der Waals surface area contributed by atoms with Gasteiger partial charge in [0, 0.05) is 6.07 Å². The predicted octanol–water partition coefficient (Wildman–Crippen LogP) is 1.44. The molecule has 1 aliphatic heterocycles. The number of carbonyl (C=O) groups excluding carboxylic acids is 1. The summed E-state index contributed by atoms with van der Waals surface area (Å²) >= 11 is 0.774. The molecule has 8 heteroatoms. The minimum Gasteiger partial charge on any atom is -0.459 e. The molecule has 0 amide bonds. The lowest BCUT2D eigenvalue weighted by molar-refractivity contribution is -0.385. The van der Waals surface area contributed by atoms with Crippen molar-refractivity contribution >= 4 is 23.9 Å². The molecule has 0 aliphatic carbocycles. The summed E-state index contributed by atoms with van der Waals surface area (Å²) in [4.78, 5) is 21.2. The molecule has 1 heterocycles. The number of hydrogen-bond donors (Lipinski definition) is 1. The quantitative estimate of drug-likeness (QED) is 0.284. The number of nitrogens with zero attached hydrogens (tertiary/aromatic N) is 1.